The Morgan fingerprint density at radius 3 is 2.25 bits per heavy atom. The number of nitrogens with one attached hydrogen (secondary N) is 1. The van der Waals surface area contributed by atoms with Gasteiger partial charge in [0.05, 0.1) is 23.9 Å². The third kappa shape index (κ3) is 3.40. The van der Waals surface area contributed by atoms with Crippen LogP contribution in [0.25, 0.3) is 11.1 Å². The molecule has 1 fully saturated rings. The van der Waals surface area contributed by atoms with Gasteiger partial charge in [0.25, 0.3) is 0 Å². The zero-order valence-corrected chi connectivity index (χ0v) is 18.1. The molecule has 158 valence electrons. The zero-order valence-electron chi connectivity index (χ0n) is 18.1. The van der Waals surface area contributed by atoms with Crippen LogP contribution in [0.5, 0.6) is 0 Å². The smallest absolute Gasteiger partial charge is 0.189 e. The van der Waals surface area contributed by atoms with Gasteiger partial charge in [-0.25, -0.2) is 0 Å². The summed E-state index contributed by atoms with van der Waals surface area (Å²) in [6.45, 7) is 4.46. The molecule has 2 aromatic rings. The number of benzene rings is 2. The van der Waals surface area contributed by atoms with Crippen molar-refractivity contribution < 1.29 is 0 Å². The molecule has 1 aliphatic heterocycles. The second kappa shape index (κ2) is 8.80. The number of hydrogen-bond donors (Lipinski definition) is 1. The van der Waals surface area contributed by atoms with Gasteiger partial charge < -0.3 is 5.41 Å². The summed E-state index contributed by atoms with van der Waals surface area (Å²) in [7, 11) is 0. The van der Waals surface area contributed by atoms with Crippen LogP contribution in [0.1, 0.15) is 24.8 Å². The molecule has 1 unspecified atom stereocenters. The summed E-state index contributed by atoms with van der Waals surface area (Å²) in [6, 6.07) is 24.6. The summed E-state index contributed by atoms with van der Waals surface area (Å²) in [5.74, 6) is -1.47. The lowest BCUT2D eigenvalue weighted by Crippen LogP contribution is -2.52. The van der Waals surface area contributed by atoms with Gasteiger partial charge in [0.1, 0.15) is 5.92 Å². The van der Waals surface area contributed by atoms with E-state index in [0.717, 1.165) is 41.8 Å². The van der Waals surface area contributed by atoms with Crippen molar-refractivity contribution in [2.75, 3.05) is 19.6 Å². The average Bonchev–Trinajstić information content (AvgIpc) is 2.84. The fraction of sp³-hybridized carbons (Fsp3) is 0.333. The fourth-order valence-corrected chi connectivity index (χ4v) is 5.26. The van der Waals surface area contributed by atoms with Crippen LogP contribution in [0.3, 0.4) is 0 Å². The number of nitrogens with zero attached hydrogens (tertiary/aromatic N) is 4. The summed E-state index contributed by atoms with van der Waals surface area (Å²) in [5, 5.41) is 39.0. The minimum Gasteiger partial charge on any atom is -0.305 e. The standard InChI is InChI=1S/C27H25N5/c1-2-13-32-14-12-22-23(15-28)26(31)27(17-29,18-30)25(24(22)16-32)21-10-8-20(9-11-21)19-6-4-3-5-7-19/h3-12,23-25,31H,2,13-14,16H2,1H3/t23?,24-,25+/m0/s1. The van der Waals surface area contributed by atoms with E-state index in [0.29, 0.717) is 6.54 Å². The number of fused-ring (bicyclic) bond motifs is 1. The number of nitriles is 3. The Morgan fingerprint density at radius 1 is 1.00 bits per heavy atom. The van der Waals surface area contributed by atoms with E-state index in [2.05, 4.69) is 36.1 Å². The molecule has 32 heavy (non-hydrogen) atoms. The number of rotatable bonds is 4. The van der Waals surface area contributed by atoms with Crippen LogP contribution in [-0.2, 0) is 0 Å². The quantitative estimate of drug-likeness (QED) is 0.712. The highest BCUT2D eigenvalue weighted by atomic mass is 15.1. The lowest BCUT2D eigenvalue weighted by molar-refractivity contribution is 0.204. The molecule has 0 saturated heterocycles. The summed E-state index contributed by atoms with van der Waals surface area (Å²) >= 11 is 0. The maximum Gasteiger partial charge on any atom is 0.189 e. The van der Waals surface area contributed by atoms with E-state index in [9.17, 15) is 15.8 Å². The van der Waals surface area contributed by atoms with Crippen molar-refractivity contribution in [3.8, 4) is 29.3 Å². The van der Waals surface area contributed by atoms with Gasteiger partial charge in [0, 0.05) is 24.9 Å². The van der Waals surface area contributed by atoms with Gasteiger partial charge in [0.15, 0.2) is 5.41 Å². The molecule has 2 aromatic carbocycles. The summed E-state index contributed by atoms with van der Waals surface area (Å²) in [6.07, 6.45) is 3.06. The van der Waals surface area contributed by atoms with Crippen LogP contribution < -0.4 is 0 Å². The minimum atomic E-state index is -1.66. The molecule has 5 nitrogen and oxygen atoms in total. The Morgan fingerprint density at radius 2 is 1.66 bits per heavy atom. The molecule has 5 heteroatoms. The van der Waals surface area contributed by atoms with Crippen molar-refractivity contribution in [2.24, 2.45) is 17.3 Å². The van der Waals surface area contributed by atoms with E-state index in [1.165, 1.54) is 0 Å². The Kier molecular flexibility index (Phi) is 5.91. The SMILES string of the molecule is CCCN1CC=C2C(C#N)C(=N)C(C#N)(C#N)[C@H](c3ccc(-c4ccccc4)cc3)[C@H]2C1. The molecule has 0 spiro atoms. The van der Waals surface area contributed by atoms with E-state index in [1.54, 1.807) is 0 Å². The lowest BCUT2D eigenvalue weighted by Gasteiger charge is -2.47. The fourth-order valence-electron chi connectivity index (χ4n) is 5.26. The number of hydrogen-bond acceptors (Lipinski definition) is 5. The van der Waals surface area contributed by atoms with Crippen LogP contribution in [0.2, 0.25) is 0 Å². The van der Waals surface area contributed by atoms with Gasteiger partial charge in [-0.15, -0.1) is 0 Å². The van der Waals surface area contributed by atoms with E-state index in [4.69, 9.17) is 5.41 Å². The molecule has 2 aliphatic rings. The second-order valence-corrected chi connectivity index (χ2v) is 8.54. The highest BCUT2D eigenvalue weighted by molar-refractivity contribution is 6.00. The van der Waals surface area contributed by atoms with Crippen LogP contribution in [-0.4, -0.2) is 30.2 Å². The third-order valence-corrected chi connectivity index (χ3v) is 6.78. The predicted molar refractivity (Wildman–Crippen MR) is 123 cm³/mol. The van der Waals surface area contributed by atoms with Crippen LogP contribution in [0, 0.1) is 56.7 Å². The minimum absolute atomic E-state index is 0.0893. The maximum atomic E-state index is 10.2. The van der Waals surface area contributed by atoms with Crippen molar-refractivity contribution >= 4 is 5.71 Å². The largest absolute Gasteiger partial charge is 0.305 e. The first kappa shape index (κ1) is 21.5. The summed E-state index contributed by atoms with van der Waals surface area (Å²) in [5.41, 5.74) is 2.16. The van der Waals surface area contributed by atoms with Gasteiger partial charge in [-0.3, -0.25) is 4.90 Å². The van der Waals surface area contributed by atoms with E-state index >= 15 is 0 Å². The molecular formula is C27H25N5. The molecule has 1 saturated carbocycles. The molecule has 1 aliphatic carbocycles. The second-order valence-electron chi connectivity index (χ2n) is 8.54. The molecular weight excluding hydrogens is 394 g/mol. The van der Waals surface area contributed by atoms with Gasteiger partial charge in [-0.2, -0.15) is 15.8 Å². The highest BCUT2D eigenvalue weighted by Crippen LogP contribution is 2.53. The average molecular weight is 420 g/mol. The van der Waals surface area contributed by atoms with Crippen LogP contribution in [0.4, 0.5) is 0 Å². The lowest BCUT2D eigenvalue weighted by atomic mass is 9.54. The molecule has 1 N–H and O–H groups in total. The normalized spacial score (nSPS) is 24.4. The van der Waals surface area contributed by atoms with Crippen molar-refractivity contribution in [3.05, 3.63) is 71.8 Å². The molecule has 0 amide bonds. The van der Waals surface area contributed by atoms with E-state index < -0.39 is 17.3 Å². The van der Waals surface area contributed by atoms with Crippen molar-refractivity contribution in [3.63, 3.8) is 0 Å². The molecule has 0 aromatic heterocycles. The first-order chi connectivity index (χ1) is 15.6. The predicted octanol–water partition coefficient (Wildman–Crippen LogP) is 4.91. The highest BCUT2D eigenvalue weighted by Gasteiger charge is 2.57. The van der Waals surface area contributed by atoms with Crippen molar-refractivity contribution in [1.82, 2.24) is 4.90 Å². The monoisotopic (exact) mass is 419 g/mol. The van der Waals surface area contributed by atoms with E-state index in [1.807, 2.05) is 54.6 Å². The molecule has 0 bridgehead atoms. The van der Waals surface area contributed by atoms with Crippen LogP contribution >= 0.6 is 0 Å². The summed E-state index contributed by atoms with van der Waals surface area (Å²) in [4.78, 5) is 2.31. The Hall–Kier alpha value is -3.72. The first-order valence-electron chi connectivity index (χ1n) is 11.0. The maximum absolute atomic E-state index is 10.2. The van der Waals surface area contributed by atoms with Gasteiger partial charge in [0.2, 0.25) is 0 Å². The Balaban J connectivity index is 1.83. The topological polar surface area (TPSA) is 98.5 Å². The van der Waals surface area contributed by atoms with Crippen molar-refractivity contribution in [2.45, 2.75) is 19.3 Å². The first-order valence-corrected chi connectivity index (χ1v) is 11.0. The van der Waals surface area contributed by atoms with Gasteiger partial charge in [-0.1, -0.05) is 67.6 Å². The van der Waals surface area contributed by atoms with E-state index in [-0.39, 0.29) is 11.6 Å². The van der Waals surface area contributed by atoms with Crippen molar-refractivity contribution in [1.29, 1.82) is 21.2 Å². The molecule has 0 radical (unpaired) electrons. The Labute approximate surface area is 189 Å². The van der Waals surface area contributed by atoms with Crippen LogP contribution in [0.15, 0.2) is 66.2 Å². The zero-order chi connectivity index (χ0) is 22.7. The van der Waals surface area contributed by atoms with Gasteiger partial charge >= 0.3 is 0 Å². The van der Waals surface area contributed by atoms with Gasteiger partial charge in [-0.05, 0) is 35.2 Å². The molecule has 4 rings (SSSR count). The molecule has 3 atom stereocenters. The molecule has 1 heterocycles. The Bertz CT molecular complexity index is 1140. The third-order valence-electron chi connectivity index (χ3n) is 6.78. The summed E-state index contributed by atoms with van der Waals surface area (Å²) < 4.78 is 0.